The van der Waals surface area contributed by atoms with Crippen molar-refractivity contribution in [1.29, 1.82) is 0 Å². The number of hydrogen-bond acceptors (Lipinski definition) is 3. The summed E-state index contributed by atoms with van der Waals surface area (Å²) in [7, 11) is 5.80. The Hall–Kier alpha value is -0.765. The highest BCUT2D eigenvalue weighted by atomic mass is 35.5. The van der Waals surface area contributed by atoms with E-state index in [0.29, 0.717) is 17.3 Å². The maximum atomic E-state index is 5.80. The van der Waals surface area contributed by atoms with Crippen molar-refractivity contribution in [3.63, 3.8) is 0 Å². The summed E-state index contributed by atoms with van der Waals surface area (Å²) < 4.78 is 0. The monoisotopic (exact) mass is 235 g/mol. The number of halogens is 1. The maximum absolute atomic E-state index is 5.80. The van der Waals surface area contributed by atoms with Crippen LogP contribution in [0.1, 0.15) is 38.5 Å². The Morgan fingerprint density at radius 2 is 1.94 bits per heavy atom. The van der Waals surface area contributed by atoms with Crippen molar-refractivity contribution in [2.24, 2.45) is 0 Å². The van der Waals surface area contributed by atoms with Crippen LogP contribution in [0.25, 0.3) is 0 Å². The summed E-state index contributed by atoms with van der Waals surface area (Å²) in [6, 6.07) is 0.468. The normalized spacial score (nSPS) is 18.1. The van der Waals surface area contributed by atoms with Crippen LogP contribution < -0.4 is 10.8 Å². The Bertz CT molecular complexity index is 351. The smallest absolute Gasteiger partial charge is 0.224 e. The van der Waals surface area contributed by atoms with Crippen molar-refractivity contribution < 1.29 is 0 Å². The predicted octanol–water partition coefficient (Wildman–Crippen LogP) is 2.06. The van der Waals surface area contributed by atoms with E-state index in [1.807, 2.05) is 0 Å². The molecule has 2 radical (unpaired) electrons. The van der Waals surface area contributed by atoms with Gasteiger partial charge < -0.3 is 5.32 Å². The maximum Gasteiger partial charge on any atom is 0.224 e. The van der Waals surface area contributed by atoms with Gasteiger partial charge in [0.15, 0.2) is 0 Å². The van der Waals surface area contributed by atoms with Gasteiger partial charge in [-0.1, -0.05) is 25.7 Å². The summed E-state index contributed by atoms with van der Waals surface area (Å²) in [4.78, 5) is 7.96. The van der Waals surface area contributed by atoms with Crippen LogP contribution in [0.2, 0.25) is 5.28 Å². The van der Waals surface area contributed by atoms with Crippen molar-refractivity contribution in [1.82, 2.24) is 9.97 Å². The lowest BCUT2D eigenvalue weighted by Gasteiger charge is -2.18. The Balaban J connectivity index is 2.04. The SMILES string of the molecule is [B]c1cnc(Cl)nc1NC1CCCCCC1. The molecule has 2 rings (SSSR count). The molecule has 1 N–H and O–H groups in total. The van der Waals surface area contributed by atoms with E-state index in [1.165, 1.54) is 38.5 Å². The summed E-state index contributed by atoms with van der Waals surface area (Å²) in [5, 5.41) is 3.61. The van der Waals surface area contributed by atoms with E-state index >= 15 is 0 Å². The molecule has 0 spiro atoms. The van der Waals surface area contributed by atoms with Crippen LogP contribution in [-0.2, 0) is 0 Å². The highest BCUT2D eigenvalue weighted by Crippen LogP contribution is 2.19. The summed E-state index contributed by atoms with van der Waals surface area (Å²) >= 11 is 5.75. The minimum atomic E-state index is 0.241. The van der Waals surface area contributed by atoms with Gasteiger partial charge in [0.2, 0.25) is 5.28 Å². The Morgan fingerprint density at radius 3 is 2.62 bits per heavy atom. The molecule has 1 aromatic rings. The molecule has 1 fully saturated rings. The van der Waals surface area contributed by atoms with Crippen molar-refractivity contribution in [3.05, 3.63) is 11.5 Å². The average Bonchev–Trinajstić information content (AvgIpc) is 2.52. The molecule has 16 heavy (non-hydrogen) atoms. The molecule has 0 aliphatic heterocycles. The van der Waals surface area contributed by atoms with Gasteiger partial charge in [0, 0.05) is 12.2 Å². The lowest BCUT2D eigenvalue weighted by molar-refractivity contribution is 0.618. The van der Waals surface area contributed by atoms with Gasteiger partial charge in [0.1, 0.15) is 13.7 Å². The molecule has 0 aromatic carbocycles. The van der Waals surface area contributed by atoms with Crippen LogP contribution in [-0.4, -0.2) is 23.9 Å². The van der Waals surface area contributed by atoms with Gasteiger partial charge in [-0.2, -0.15) is 0 Å². The van der Waals surface area contributed by atoms with Crippen molar-refractivity contribution in [2.75, 3.05) is 5.32 Å². The molecule has 1 saturated carbocycles. The Morgan fingerprint density at radius 1 is 1.25 bits per heavy atom. The average molecular weight is 236 g/mol. The molecule has 0 bridgehead atoms. The number of hydrogen-bond donors (Lipinski definition) is 1. The lowest BCUT2D eigenvalue weighted by Crippen LogP contribution is -2.24. The quantitative estimate of drug-likeness (QED) is 0.484. The third-order valence-electron chi connectivity index (χ3n) is 2.98. The van der Waals surface area contributed by atoms with Gasteiger partial charge in [-0.15, -0.1) is 0 Å². The van der Waals surface area contributed by atoms with E-state index in [1.54, 1.807) is 6.20 Å². The largest absolute Gasteiger partial charge is 0.368 e. The van der Waals surface area contributed by atoms with Crippen molar-refractivity contribution in [3.8, 4) is 0 Å². The molecule has 1 aromatic heterocycles. The van der Waals surface area contributed by atoms with Crippen LogP contribution in [0.3, 0.4) is 0 Å². The molecule has 1 aliphatic carbocycles. The van der Waals surface area contributed by atoms with E-state index in [2.05, 4.69) is 15.3 Å². The predicted molar refractivity (Wildman–Crippen MR) is 67.5 cm³/mol. The van der Waals surface area contributed by atoms with Gasteiger partial charge in [-0.3, -0.25) is 0 Å². The third kappa shape index (κ3) is 3.11. The van der Waals surface area contributed by atoms with Crippen LogP contribution in [0, 0.1) is 0 Å². The summed E-state index contributed by atoms with van der Waals surface area (Å²) in [6.45, 7) is 0. The first-order valence-corrected chi connectivity index (χ1v) is 6.18. The summed E-state index contributed by atoms with van der Waals surface area (Å²) in [5.41, 5.74) is 0.564. The topological polar surface area (TPSA) is 37.8 Å². The van der Waals surface area contributed by atoms with Gasteiger partial charge in [-0.05, 0) is 29.9 Å². The first-order valence-electron chi connectivity index (χ1n) is 5.80. The minimum absolute atomic E-state index is 0.241. The fourth-order valence-electron chi connectivity index (χ4n) is 2.10. The molecular weight excluding hydrogens is 220 g/mol. The molecule has 5 heteroatoms. The second kappa shape index (κ2) is 5.53. The minimum Gasteiger partial charge on any atom is -0.368 e. The summed E-state index contributed by atoms with van der Waals surface area (Å²) in [5.74, 6) is 0.673. The molecule has 0 amide bonds. The van der Waals surface area contributed by atoms with Gasteiger partial charge in [0.05, 0.1) is 0 Å². The first-order chi connectivity index (χ1) is 7.75. The number of anilines is 1. The molecule has 1 heterocycles. The van der Waals surface area contributed by atoms with E-state index in [4.69, 9.17) is 19.4 Å². The zero-order chi connectivity index (χ0) is 11.4. The molecule has 0 atom stereocenters. The number of aromatic nitrogens is 2. The van der Waals surface area contributed by atoms with Gasteiger partial charge in [0.25, 0.3) is 0 Å². The summed E-state index contributed by atoms with van der Waals surface area (Å²) in [6.07, 6.45) is 9.12. The van der Waals surface area contributed by atoms with Crippen LogP contribution >= 0.6 is 11.6 Å². The molecule has 0 saturated heterocycles. The zero-order valence-electron chi connectivity index (χ0n) is 9.25. The molecule has 3 nitrogen and oxygen atoms in total. The van der Waals surface area contributed by atoms with Gasteiger partial charge >= 0.3 is 0 Å². The molecule has 1 aliphatic rings. The first kappa shape index (κ1) is 11.7. The van der Waals surface area contributed by atoms with E-state index < -0.39 is 0 Å². The Labute approximate surface area is 102 Å². The highest BCUT2D eigenvalue weighted by molar-refractivity contribution is 6.35. The second-order valence-electron chi connectivity index (χ2n) is 4.28. The molecule has 0 unspecified atom stereocenters. The standard InChI is InChI=1S/C11H15BClN3/c12-9-7-14-11(13)16-10(9)15-8-5-3-1-2-4-6-8/h7-8H,1-6H2,(H,14,15,16). The van der Waals surface area contributed by atoms with Crippen LogP contribution in [0.15, 0.2) is 6.20 Å². The number of rotatable bonds is 2. The van der Waals surface area contributed by atoms with E-state index in [9.17, 15) is 0 Å². The fraction of sp³-hybridized carbons (Fsp3) is 0.636. The second-order valence-corrected chi connectivity index (χ2v) is 4.61. The molecule has 84 valence electrons. The van der Waals surface area contributed by atoms with E-state index in [-0.39, 0.29) is 5.28 Å². The zero-order valence-corrected chi connectivity index (χ0v) is 10.0. The fourth-order valence-corrected chi connectivity index (χ4v) is 2.24. The van der Waals surface area contributed by atoms with Crippen LogP contribution in [0.5, 0.6) is 0 Å². The lowest BCUT2D eigenvalue weighted by atomic mass is 9.98. The number of nitrogens with one attached hydrogen (secondary N) is 1. The van der Waals surface area contributed by atoms with Gasteiger partial charge in [-0.25, -0.2) is 9.97 Å². The number of nitrogens with zero attached hydrogens (tertiary/aromatic N) is 2. The van der Waals surface area contributed by atoms with Crippen LogP contribution in [0.4, 0.5) is 5.82 Å². The molecular formula is C11H15BClN3. The van der Waals surface area contributed by atoms with E-state index in [0.717, 1.165) is 0 Å². The third-order valence-corrected chi connectivity index (χ3v) is 3.17. The highest BCUT2D eigenvalue weighted by Gasteiger charge is 2.13. The Kier molecular flexibility index (Phi) is 4.05. The van der Waals surface area contributed by atoms with Crippen molar-refractivity contribution >= 4 is 30.7 Å². The van der Waals surface area contributed by atoms with Crippen molar-refractivity contribution in [2.45, 2.75) is 44.6 Å².